The molecule has 1 aromatic rings. The summed E-state index contributed by atoms with van der Waals surface area (Å²) in [6, 6.07) is 0.632. The molecule has 1 aromatic heterocycles. The van der Waals surface area contributed by atoms with E-state index in [0.29, 0.717) is 24.8 Å². The highest BCUT2D eigenvalue weighted by Crippen LogP contribution is 2.25. The predicted octanol–water partition coefficient (Wildman–Crippen LogP) is 1.43. The van der Waals surface area contributed by atoms with Gasteiger partial charge in [0.2, 0.25) is 5.91 Å². The fraction of sp³-hybridized carbons (Fsp3) is 0.667. The molecule has 0 aromatic carbocycles. The summed E-state index contributed by atoms with van der Waals surface area (Å²) in [6.45, 7) is 2.96. The Morgan fingerprint density at radius 1 is 1.38 bits per heavy atom. The monoisotopic (exact) mass is 310 g/mol. The molecule has 0 saturated carbocycles. The van der Waals surface area contributed by atoms with Crippen LogP contribution in [0.5, 0.6) is 0 Å². The number of halogens is 1. The van der Waals surface area contributed by atoms with Gasteiger partial charge in [0.05, 0.1) is 5.69 Å². The lowest BCUT2D eigenvalue weighted by Crippen LogP contribution is -2.53. The van der Waals surface area contributed by atoms with Crippen molar-refractivity contribution in [3.63, 3.8) is 0 Å². The average Bonchev–Trinajstić information content (AvgIpc) is 2.53. The summed E-state index contributed by atoms with van der Waals surface area (Å²) in [6.07, 6.45) is 9.91. The van der Waals surface area contributed by atoms with Crippen LogP contribution in [0.4, 0.5) is 0 Å². The molecule has 1 N–H and O–H groups in total. The van der Waals surface area contributed by atoms with Crippen molar-refractivity contribution in [2.75, 3.05) is 19.6 Å². The SMILES string of the molecule is Cl.O=C(CCc1cnccn1)N1CC[C@@H]2NCCC[C@@H]2C1. The van der Waals surface area contributed by atoms with E-state index < -0.39 is 0 Å². The highest BCUT2D eigenvalue weighted by atomic mass is 35.5. The highest BCUT2D eigenvalue weighted by molar-refractivity contribution is 5.85. The molecule has 2 aliphatic rings. The van der Waals surface area contributed by atoms with Gasteiger partial charge in [-0.05, 0) is 38.1 Å². The number of nitrogens with zero attached hydrogens (tertiary/aromatic N) is 3. The van der Waals surface area contributed by atoms with Crippen molar-refractivity contribution in [1.82, 2.24) is 20.2 Å². The van der Waals surface area contributed by atoms with E-state index in [2.05, 4.69) is 15.3 Å². The molecule has 0 spiro atoms. The largest absolute Gasteiger partial charge is 0.342 e. The van der Waals surface area contributed by atoms with Gasteiger partial charge in [-0.25, -0.2) is 0 Å². The zero-order valence-corrected chi connectivity index (χ0v) is 13.0. The Balaban J connectivity index is 0.00000161. The summed E-state index contributed by atoms with van der Waals surface area (Å²) < 4.78 is 0. The molecule has 0 aliphatic carbocycles. The third-order valence-electron chi connectivity index (χ3n) is 4.46. The Bertz CT molecular complexity index is 456. The van der Waals surface area contributed by atoms with Crippen LogP contribution in [-0.2, 0) is 11.2 Å². The standard InChI is InChI=1S/C15H22N4O.ClH/c20-15(4-3-13-10-16-7-8-17-13)19-9-5-14-12(11-19)2-1-6-18-14;/h7-8,10,12,14,18H,1-6,9,11H2;1H/t12-,14+;/m1./s1. The number of hydrogen-bond acceptors (Lipinski definition) is 4. The van der Waals surface area contributed by atoms with E-state index in [1.54, 1.807) is 18.6 Å². The van der Waals surface area contributed by atoms with E-state index in [4.69, 9.17) is 0 Å². The number of amides is 1. The van der Waals surface area contributed by atoms with Gasteiger partial charge in [-0.1, -0.05) is 0 Å². The number of carbonyl (C=O) groups excluding carboxylic acids is 1. The minimum atomic E-state index is 0. The van der Waals surface area contributed by atoms with Gasteiger partial charge in [0.1, 0.15) is 0 Å². The van der Waals surface area contributed by atoms with E-state index in [1.165, 1.54) is 12.8 Å². The van der Waals surface area contributed by atoms with Crippen molar-refractivity contribution in [2.24, 2.45) is 5.92 Å². The van der Waals surface area contributed by atoms with E-state index in [-0.39, 0.29) is 18.3 Å². The van der Waals surface area contributed by atoms with Crippen LogP contribution in [0.25, 0.3) is 0 Å². The third kappa shape index (κ3) is 4.14. The van der Waals surface area contributed by atoms with Crippen LogP contribution in [0.1, 0.15) is 31.4 Å². The number of fused-ring (bicyclic) bond motifs is 1. The first kappa shape index (κ1) is 16.2. The van der Waals surface area contributed by atoms with E-state index in [0.717, 1.165) is 31.7 Å². The Labute approximate surface area is 131 Å². The molecular weight excluding hydrogens is 288 g/mol. The van der Waals surface area contributed by atoms with Crippen LogP contribution in [0.3, 0.4) is 0 Å². The lowest BCUT2D eigenvalue weighted by Gasteiger charge is -2.41. The Morgan fingerprint density at radius 2 is 2.29 bits per heavy atom. The van der Waals surface area contributed by atoms with Crippen LogP contribution in [0.2, 0.25) is 0 Å². The Morgan fingerprint density at radius 3 is 3.10 bits per heavy atom. The summed E-state index contributed by atoms with van der Waals surface area (Å²) in [5.41, 5.74) is 0.898. The molecule has 6 heteroatoms. The zero-order chi connectivity index (χ0) is 13.8. The van der Waals surface area contributed by atoms with Crippen molar-refractivity contribution >= 4 is 18.3 Å². The van der Waals surface area contributed by atoms with E-state index in [9.17, 15) is 4.79 Å². The van der Waals surface area contributed by atoms with Gasteiger partial charge in [-0.3, -0.25) is 14.8 Å². The normalized spacial score (nSPS) is 24.9. The molecule has 21 heavy (non-hydrogen) atoms. The molecule has 0 radical (unpaired) electrons. The van der Waals surface area contributed by atoms with Gasteiger partial charge in [0, 0.05) is 44.1 Å². The van der Waals surface area contributed by atoms with Crippen molar-refractivity contribution in [2.45, 2.75) is 38.1 Å². The number of carbonyl (C=O) groups is 1. The predicted molar refractivity (Wildman–Crippen MR) is 83.3 cm³/mol. The maximum atomic E-state index is 12.3. The second kappa shape index (κ2) is 7.71. The smallest absolute Gasteiger partial charge is 0.222 e. The second-order valence-corrected chi connectivity index (χ2v) is 5.79. The molecule has 2 saturated heterocycles. The molecule has 1 amide bonds. The lowest BCUT2D eigenvalue weighted by atomic mass is 9.85. The summed E-state index contributed by atoms with van der Waals surface area (Å²) in [5.74, 6) is 0.914. The maximum Gasteiger partial charge on any atom is 0.222 e. The summed E-state index contributed by atoms with van der Waals surface area (Å²) >= 11 is 0. The topological polar surface area (TPSA) is 58.1 Å². The van der Waals surface area contributed by atoms with Gasteiger partial charge in [0.15, 0.2) is 0 Å². The zero-order valence-electron chi connectivity index (χ0n) is 12.2. The molecule has 2 fully saturated rings. The van der Waals surface area contributed by atoms with E-state index >= 15 is 0 Å². The first-order chi connectivity index (χ1) is 9.83. The van der Waals surface area contributed by atoms with Crippen LogP contribution in [0.15, 0.2) is 18.6 Å². The summed E-state index contributed by atoms with van der Waals surface area (Å²) in [5, 5.41) is 3.58. The Kier molecular flexibility index (Phi) is 5.94. The van der Waals surface area contributed by atoms with Gasteiger partial charge in [0.25, 0.3) is 0 Å². The molecule has 3 heterocycles. The first-order valence-electron chi connectivity index (χ1n) is 7.59. The minimum absolute atomic E-state index is 0. The number of aromatic nitrogens is 2. The molecule has 2 atom stereocenters. The second-order valence-electron chi connectivity index (χ2n) is 5.79. The van der Waals surface area contributed by atoms with Crippen molar-refractivity contribution < 1.29 is 4.79 Å². The van der Waals surface area contributed by atoms with Crippen LogP contribution in [-0.4, -0.2) is 46.5 Å². The quantitative estimate of drug-likeness (QED) is 0.917. The van der Waals surface area contributed by atoms with Gasteiger partial charge in [-0.15, -0.1) is 12.4 Å². The van der Waals surface area contributed by atoms with Gasteiger partial charge < -0.3 is 10.2 Å². The molecular formula is C15H23ClN4O. The fourth-order valence-electron chi connectivity index (χ4n) is 3.32. The van der Waals surface area contributed by atoms with Gasteiger partial charge >= 0.3 is 0 Å². The molecule has 0 bridgehead atoms. The molecule has 2 aliphatic heterocycles. The van der Waals surface area contributed by atoms with Crippen molar-refractivity contribution in [1.29, 1.82) is 0 Å². The van der Waals surface area contributed by atoms with Crippen molar-refractivity contribution in [3.8, 4) is 0 Å². The summed E-state index contributed by atoms with van der Waals surface area (Å²) in [7, 11) is 0. The number of rotatable bonds is 3. The number of likely N-dealkylation sites (tertiary alicyclic amines) is 1. The van der Waals surface area contributed by atoms with Crippen LogP contribution < -0.4 is 5.32 Å². The minimum Gasteiger partial charge on any atom is -0.342 e. The molecule has 3 rings (SSSR count). The number of piperidine rings is 2. The molecule has 0 unspecified atom stereocenters. The third-order valence-corrected chi connectivity index (χ3v) is 4.46. The highest BCUT2D eigenvalue weighted by Gasteiger charge is 2.32. The Hall–Kier alpha value is -1.20. The number of hydrogen-bond donors (Lipinski definition) is 1. The number of nitrogens with one attached hydrogen (secondary N) is 1. The van der Waals surface area contributed by atoms with Gasteiger partial charge in [-0.2, -0.15) is 0 Å². The lowest BCUT2D eigenvalue weighted by molar-refractivity contribution is -0.133. The molecule has 5 nitrogen and oxygen atoms in total. The fourth-order valence-corrected chi connectivity index (χ4v) is 3.32. The van der Waals surface area contributed by atoms with Crippen LogP contribution in [0, 0.1) is 5.92 Å². The van der Waals surface area contributed by atoms with Crippen LogP contribution >= 0.6 is 12.4 Å². The number of aryl methyl sites for hydroxylation is 1. The summed E-state index contributed by atoms with van der Waals surface area (Å²) in [4.78, 5) is 22.6. The average molecular weight is 311 g/mol. The molecule has 116 valence electrons. The van der Waals surface area contributed by atoms with Crippen molar-refractivity contribution in [3.05, 3.63) is 24.3 Å². The first-order valence-corrected chi connectivity index (χ1v) is 7.59. The maximum absolute atomic E-state index is 12.3. The van der Waals surface area contributed by atoms with E-state index in [1.807, 2.05) is 4.90 Å².